The van der Waals surface area contributed by atoms with E-state index in [4.69, 9.17) is 14.2 Å². The number of amides is 2. The normalized spacial score (nSPS) is 19.3. The van der Waals surface area contributed by atoms with Gasteiger partial charge in [-0.2, -0.15) is 0 Å². The highest BCUT2D eigenvalue weighted by molar-refractivity contribution is 7.93. The van der Waals surface area contributed by atoms with Crippen LogP contribution in [0.5, 0.6) is 11.5 Å². The van der Waals surface area contributed by atoms with Crippen LogP contribution in [-0.2, 0) is 37.1 Å². The predicted molar refractivity (Wildman–Crippen MR) is 150 cm³/mol. The smallest absolute Gasteiger partial charge is 0.265 e. The Bertz CT molecular complexity index is 1380. The van der Waals surface area contributed by atoms with Crippen LogP contribution in [0.15, 0.2) is 41.3 Å². The number of ether oxygens (including phenoxy) is 3. The summed E-state index contributed by atoms with van der Waals surface area (Å²) in [7, 11) is -0.856. The van der Waals surface area contributed by atoms with Crippen molar-refractivity contribution < 1.29 is 37.4 Å². The molecule has 0 bridgehead atoms. The van der Waals surface area contributed by atoms with Gasteiger partial charge in [0.05, 0.1) is 19.1 Å². The number of anilines is 1. The molecular weight excluding hydrogens is 550 g/mol. The van der Waals surface area contributed by atoms with Gasteiger partial charge in [0, 0.05) is 51.0 Å². The van der Waals surface area contributed by atoms with E-state index in [1.54, 1.807) is 31.8 Å². The summed E-state index contributed by atoms with van der Waals surface area (Å²) in [4.78, 5) is 30.0. The maximum Gasteiger partial charge on any atom is 0.265 e. The Hall–Kier alpha value is -3.35. The van der Waals surface area contributed by atoms with Crippen molar-refractivity contribution in [1.29, 1.82) is 0 Å². The maximum absolute atomic E-state index is 13.5. The lowest BCUT2D eigenvalue weighted by Crippen LogP contribution is -2.54. The number of rotatable bonds is 7. The molecule has 2 fully saturated rings. The Balaban J connectivity index is 1.22. The molecule has 0 spiro atoms. The van der Waals surface area contributed by atoms with E-state index in [1.807, 2.05) is 17.0 Å². The molecule has 2 aromatic carbocycles. The van der Waals surface area contributed by atoms with Crippen molar-refractivity contribution in [3.8, 4) is 11.5 Å². The van der Waals surface area contributed by atoms with Gasteiger partial charge in [-0.1, -0.05) is 0 Å². The second kappa shape index (κ2) is 11.9. The molecule has 3 aliphatic rings. The highest BCUT2D eigenvalue weighted by Gasteiger charge is 2.52. The van der Waals surface area contributed by atoms with E-state index in [0.717, 1.165) is 17.7 Å². The highest BCUT2D eigenvalue weighted by Crippen LogP contribution is 2.37. The summed E-state index contributed by atoms with van der Waals surface area (Å²) in [5.74, 6) is 0.510. The van der Waals surface area contributed by atoms with Gasteiger partial charge in [-0.15, -0.1) is 0 Å². The summed E-state index contributed by atoms with van der Waals surface area (Å²) in [5.41, 5.74) is 4.65. The molecule has 5 rings (SSSR count). The molecule has 2 amide bonds. The molecule has 11 nitrogen and oxygen atoms in total. The fourth-order valence-corrected chi connectivity index (χ4v) is 8.14. The molecular formula is C29H37N3O8S. The molecule has 222 valence electrons. The molecule has 12 heteroatoms. The van der Waals surface area contributed by atoms with Gasteiger partial charge in [-0.3, -0.25) is 14.8 Å². The topological polar surface area (TPSA) is 135 Å². The minimum absolute atomic E-state index is 0.0245. The lowest BCUT2D eigenvalue weighted by molar-refractivity contribution is -0.137. The zero-order valence-electron chi connectivity index (χ0n) is 23.4. The Morgan fingerprint density at radius 1 is 0.976 bits per heavy atom. The van der Waals surface area contributed by atoms with Crippen molar-refractivity contribution in [3.05, 3.63) is 47.5 Å². The lowest BCUT2D eigenvalue weighted by Gasteiger charge is -2.37. The van der Waals surface area contributed by atoms with E-state index in [-0.39, 0.29) is 42.8 Å². The molecule has 2 saturated heterocycles. The fourth-order valence-electron chi connectivity index (χ4n) is 6.20. The van der Waals surface area contributed by atoms with Crippen LogP contribution in [0.1, 0.15) is 36.8 Å². The van der Waals surface area contributed by atoms with E-state index >= 15 is 0 Å². The summed E-state index contributed by atoms with van der Waals surface area (Å²) >= 11 is 0. The van der Waals surface area contributed by atoms with E-state index in [0.29, 0.717) is 50.5 Å². The molecule has 3 aliphatic heterocycles. The number of hydrogen-bond acceptors (Lipinski definition) is 9. The minimum atomic E-state index is -4.08. The van der Waals surface area contributed by atoms with Gasteiger partial charge in [-0.25, -0.2) is 13.9 Å². The molecule has 0 saturated carbocycles. The van der Waals surface area contributed by atoms with Crippen LogP contribution in [0, 0.1) is 5.92 Å². The summed E-state index contributed by atoms with van der Waals surface area (Å²) in [5, 5.41) is 9.26. The number of benzene rings is 2. The highest BCUT2D eigenvalue weighted by atomic mass is 32.2. The number of nitrogens with zero attached hydrogens (tertiary/aromatic N) is 2. The second-order valence-electron chi connectivity index (χ2n) is 10.8. The van der Waals surface area contributed by atoms with Gasteiger partial charge in [0.15, 0.2) is 26.1 Å². The zero-order chi connectivity index (χ0) is 29.2. The van der Waals surface area contributed by atoms with Gasteiger partial charge >= 0.3 is 0 Å². The van der Waals surface area contributed by atoms with Crippen molar-refractivity contribution in [2.24, 2.45) is 5.92 Å². The third-order valence-electron chi connectivity index (χ3n) is 8.72. The number of sulfone groups is 1. The van der Waals surface area contributed by atoms with Crippen molar-refractivity contribution in [2.45, 2.75) is 48.3 Å². The second-order valence-corrected chi connectivity index (χ2v) is 13.1. The molecule has 0 unspecified atom stereocenters. The van der Waals surface area contributed by atoms with Crippen LogP contribution >= 0.6 is 0 Å². The number of hydrogen-bond donors (Lipinski definition) is 2. The standard InChI is InChI=1S/C29H37N3O8S/c1-38-25-17-21-9-14-32(19-22(21)18-26(25)39-2)27(33)20-7-12-31(13-8-20)23-3-5-24(6-4-23)41(36,37)29(28(34)30-35)10-15-40-16-11-29/h3-6,17-18,20,35H,7-16,19H2,1-2H3,(H,30,34). The van der Waals surface area contributed by atoms with Crippen LogP contribution in [0.2, 0.25) is 0 Å². The predicted octanol–water partition coefficient (Wildman–Crippen LogP) is 2.33. The number of nitrogens with one attached hydrogen (secondary N) is 1. The Morgan fingerprint density at radius 2 is 1.59 bits per heavy atom. The van der Waals surface area contributed by atoms with Gasteiger partial charge in [0.1, 0.15) is 0 Å². The third-order valence-corrected chi connectivity index (χ3v) is 11.2. The minimum Gasteiger partial charge on any atom is -0.493 e. The van der Waals surface area contributed by atoms with Crippen molar-refractivity contribution in [1.82, 2.24) is 10.4 Å². The van der Waals surface area contributed by atoms with Crippen LogP contribution < -0.4 is 19.9 Å². The summed E-state index contributed by atoms with van der Waals surface area (Å²) in [6.07, 6.45) is 2.11. The van der Waals surface area contributed by atoms with Crippen LogP contribution in [0.25, 0.3) is 0 Å². The monoisotopic (exact) mass is 587 g/mol. The van der Waals surface area contributed by atoms with Crippen LogP contribution in [-0.4, -0.2) is 82.2 Å². The van der Waals surface area contributed by atoms with Gasteiger partial charge in [0.2, 0.25) is 5.91 Å². The summed E-state index contributed by atoms with van der Waals surface area (Å²) in [6, 6.07) is 10.5. The molecule has 0 aromatic heterocycles. The molecule has 2 aromatic rings. The van der Waals surface area contributed by atoms with E-state index in [9.17, 15) is 23.2 Å². The Morgan fingerprint density at radius 3 is 2.17 bits per heavy atom. The summed E-state index contributed by atoms with van der Waals surface area (Å²) < 4.78 is 41.4. The maximum atomic E-state index is 13.5. The Kier molecular flexibility index (Phi) is 8.44. The SMILES string of the molecule is COc1cc2c(cc1OC)CN(C(=O)C1CCN(c3ccc(S(=O)(=O)C4(C(=O)NO)CCOCC4)cc3)CC1)CC2. The molecule has 0 aliphatic carbocycles. The number of piperidine rings is 1. The zero-order valence-corrected chi connectivity index (χ0v) is 24.2. The first-order chi connectivity index (χ1) is 19.7. The number of carbonyl (C=O) groups excluding carboxylic acids is 2. The molecule has 3 heterocycles. The van der Waals surface area contributed by atoms with Gasteiger partial charge in [-0.05, 0) is 79.6 Å². The number of hydroxylamine groups is 1. The first kappa shape index (κ1) is 29.2. The fraction of sp³-hybridized carbons (Fsp3) is 0.517. The Labute approximate surface area is 240 Å². The largest absolute Gasteiger partial charge is 0.493 e. The van der Waals surface area contributed by atoms with Crippen molar-refractivity contribution in [3.63, 3.8) is 0 Å². The number of methoxy groups -OCH3 is 2. The average molecular weight is 588 g/mol. The molecule has 0 atom stereocenters. The number of carbonyl (C=O) groups is 2. The molecule has 0 radical (unpaired) electrons. The van der Waals surface area contributed by atoms with E-state index in [1.165, 1.54) is 17.7 Å². The van der Waals surface area contributed by atoms with Crippen molar-refractivity contribution in [2.75, 3.05) is 52.0 Å². The van der Waals surface area contributed by atoms with Crippen LogP contribution in [0.4, 0.5) is 5.69 Å². The quantitative estimate of drug-likeness (QED) is 0.370. The van der Waals surface area contributed by atoms with E-state index < -0.39 is 20.5 Å². The molecule has 2 N–H and O–H groups in total. The summed E-state index contributed by atoms with van der Waals surface area (Å²) in [6.45, 7) is 2.79. The first-order valence-electron chi connectivity index (χ1n) is 13.9. The van der Waals surface area contributed by atoms with Gasteiger partial charge < -0.3 is 24.0 Å². The van der Waals surface area contributed by atoms with Gasteiger partial charge in [0.25, 0.3) is 5.91 Å². The molecule has 41 heavy (non-hydrogen) atoms. The lowest BCUT2D eigenvalue weighted by atomic mass is 9.92. The third kappa shape index (κ3) is 5.35. The van der Waals surface area contributed by atoms with Crippen LogP contribution in [0.3, 0.4) is 0 Å². The van der Waals surface area contributed by atoms with E-state index in [2.05, 4.69) is 4.90 Å². The van der Waals surface area contributed by atoms with Crippen molar-refractivity contribution >= 4 is 27.3 Å². The number of fused-ring (bicyclic) bond motifs is 1. The first-order valence-corrected chi connectivity index (χ1v) is 15.4. The average Bonchev–Trinajstić information content (AvgIpc) is 3.03.